The van der Waals surface area contributed by atoms with Gasteiger partial charge in [-0.2, -0.15) is 15.8 Å². The third-order valence-electron chi connectivity index (χ3n) is 4.62. The Labute approximate surface area is 148 Å². The number of nitrogens with one attached hydrogen (secondary N) is 1. The second-order valence-electron chi connectivity index (χ2n) is 5.78. The molecule has 2 aromatic rings. The van der Waals surface area contributed by atoms with Gasteiger partial charge in [-0.3, -0.25) is 0 Å². The first-order chi connectivity index (χ1) is 11.5. The molecule has 0 saturated carbocycles. The van der Waals surface area contributed by atoms with Crippen molar-refractivity contribution >= 4 is 34.0 Å². The maximum atomic E-state index is 9.84. The van der Waals surface area contributed by atoms with E-state index in [0.29, 0.717) is 6.42 Å². The number of nitrogens with zero attached hydrogens (tertiary/aromatic N) is 3. The molecule has 0 radical (unpaired) electrons. The molecule has 24 heavy (non-hydrogen) atoms. The van der Waals surface area contributed by atoms with Crippen LogP contribution >= 0.6 is 22.7 Å². The van der Waals surface area contributed by atoms with Crippen molar-refractivity contribution in [3.63, 3.8) is 0 Å². The minimum Gasteiger partial charge on any atom is -0.301 e. The summed E-state index contributed by atoms with van der Waals surface area (Å²) in [6.45, 7) is 1.85. The van der Waals surface area contributed by atoms with Gasteiger partial charge in [0, 0.05) is 15.2 Å². The molecule has 0 saturated heterocycles. The Morgan fingerprint density at radius 3 is 2.25 bits per heavy atom. The molecule has 3 rings (SSSR count). The number of thiophene rings is 2. The van der Waals surface area contributed by atoms with Crippen LogP contribution in [0, 0.1) is 44.8 Å². The smallest absolute Gasteiger partial charge is 0.196 e. The maximum absolute atomic E-state index is 9.84. The number of nitriles is 3. The van der Waals surface area contributed by atoms with Gasteiger partial charge >= 0.3 is 0 Å². The van der Waals surface area contributed by atoms with Crippen LogP contribution < -0.4 is 0 Å². The van der Waals surface area contributed by atoms with E-state index in [1.54, 1.807) is 0 Å². The third-order valence-corrected chi connectivity index (χ3v) is 6.68. The lowest BCUT2D eigenvalue weighted by Gasteiger charge is -2.43. The molecule has 1 N–H and O–H groups in total. The molecule has 0 spiro atoms. The monoisotopic (exact) mass is 348 g/mol. The van der Waals surface area contributed by atoms with E-state index in [1.165, 1.54) is 22.7 Å². The Kier molecular flexibility index (Phi) is 3.85. The van der Waals surface area contributed by atoms with Crippen LogP contribution in [0.4, 0.5) is 0 Å². The lowest BCUT2D eigenvalue weighted by atomic mass is 9.55. The van der Waals surface area contributed by atoms with E-state index in [1.807, 2.05) is 41.9 Å². The van der Waals surface area contributed by atoms with Gasteiger partial charge in [-0.05, 0) is 34.9 Å². The quantitative estimate of drug-likeness (QED) is 0.865. The topological polar surface area (TPSA) is 95.2 Å². The Morgan fingerprint density at radius 2 is 1.75 bits per heavy atom. The molecule has 0 unspecified atom stereocenters. The summed E-state index contributed by atoms with van der Waals surface area (Å²) in [7, 11) is 0. The largest absolute Gasteiger partial charge is 0.301 e. The molecule has 2 aromatic heterocycles. The fourth-order valence-electron chi connectivity index (χ4n) is 3.22. The summed E-state index contributed by atoms with van der Waals surface area (Å²) in [6.07, 6.45) is 0.375. The van der Waals surface area contributed by atoms with Crippen LogP contribution in [0.3, 0.4) is 0 Å². The standard InChI is InChI=1S/C18H12N4S2/c1-17(15-5-3-7-24-15)8-12(14-4-2-6-23-14)13(9-19)16(22)18(17,10-20)11-21/h2-7,22H,8H2,1H3/t17-/m1/s1. The van der Waals surface area contributed by atoms with Crippen molar-refractivity contribution in [3.8, 4) is 18.2 Å². The molecule has 1 aliphatic carbocycles. The van der Waals surface area contributed by atoms with E-state index >= 15 is 0 Å². The molecular weight excluding hydrogens is 336 g/mol. The average molecular weight is 348 g/mol. The van der Waals surface area contributed by atoms with E-state index in [9.17, 15) is 15.8 Å². The first kappa shape index (κ1) is 16.1. The molecule has 2 heterocycles. The van der Waals surface area contributed by atoms with E-state index in [0.717, 1.165) is 15.3 Å². The van der Waals surface area contributed by atoms with Gasteiger partial charge in [-0.1, -0.05) is 19.1 Å². The highest BCUT2D eigenvalue weighted by molar-refractivity contribution is 7.11. The Morgan fingerprint density at radius 1 is 1.08 bits per heavy atom. The van der Waals surface area contributed by atoms with Crippen molar-refractivity contribution in [1.29, 1.82) is 21.2 Å². The highest BCUT2D eigenvalue weighted by Gasteiger charge is 2.58. The minimum absolute atomic E-state index is 0.148. The van der Waals surface area contributed by atoms with Gasteiger partial charge in [-0.25, -0.2) is 0 Å². The lowest BCUT2D eigenvalue weighted by Crippen LogP contribution is -2.50. The van der Waals surface area contributed by atoms with Crippen molar-refractivity contribution in [3.05, 3.63) is 50.4 Å². The summed E-state index contributed by atoms with van der Waals surface area (Å²) in [6, 6.07) is 13.8. The molecule has 0 amide bonds. The summed E-state index contributed by atoms with van der Waals surface area (Å²) in [5, 5.41) is 41.6. The predicted molar refractivity (Wildman–Crippen MR) is 94.5 cm³/mol. The van der Waals surface area contributed by atoms with Crippen LogP contribution in [0.25, 0.3) is 5.57 Å². The summed E-state index contributed by atoms with van der Waals surface area (Å²) in [4.78, 5) is 1.78. The number of rotatable bonds is 2. The van der Waals surface area contributed by atoms with Crippen LogP contribution in [0.1, 0.15) is 23.1 Å². The maximum Gasteiger partial charge on any atom is 0.196 e. The molecule has 1 atom stereocenters. The van der Waals surface area contributed by atoms with Crippen molar-refractivity contribution in [1.82, 2.24) is 0 Å². The van der Waals surface area contributed by atoms with Crippen molar-refractivity contribution in [2.45, 2.75) is 18.8 Å². The summed E-state index contributed by atoms with van der Waals surface area (Å²) in [5.74, 6) is 0. The highest BCUT2D eigenvalue weighted by atomic mass is 32.1. The van der Waals surface area contributed by atoms with Crippen LogP contribution in [-0.2, 0) is 5.41 Å². The van der Waals surface area contributed by atoms with Crippen molar-refractivity contribution in [2.75, 3.05) is 0 Å². The third kappa shape index (κ3) is 1.96. The highest BCUT2D eigenvalue weighted by Crippen LogP contribution is 2.55. The molecule has 6 heteroatoms. The zero-order valence-corrected chi connectivity index (χ0v) is 14.5. The molecule has 116 valence electrons. The van der Waals surface area contributed by atoms with E-state index in [4.69, 9.17) is 5.41 Å². The van der Waals surface area contributed by atoms with Gasteiger partial charge in [0.1, 0.15) is 6.07 Å². The SMILES string of the molecule is C[C@]1(c2cccs2)CC(c2cccs2)=C(C#N)C(=N)C1(C#N)C#N. The van der Waals surface area contributed by atoms with Crippen LogP contribution in [-0.4, -0.2) is 5.71 Å². The lowest BCUT2D eigenvalue weighted by molar-refractivity contribution is 0.364. The molecular formula is C18H12N4S2. The van der Waals surface area contributed by atoms with Gasteiger partial charge in [0.15, 0.2) is 5.41 Å². The molecule has 0 aromatic carbocycles. The van der Waals surface area contributed by atoms with E-state index < -0.39 is 10.8 Å². The number of allylic oxidation sites excluding steroid dienone is 2. The zero-order chi connectivity index (χ0) is 17.4. The molecule has 1 aliphatic rings. The van der Waals surface area contributed by atoms with Gasteiger partial charge < -0.3 is 5.41 Å². The van der Waals surface area contributed by atoms with E-state index in [-0.39, 0.29) is 11.3 Å². The second-order valence-corrected chi connectivity index (χ2v) is 7.67. The van der Waals surface area contributed by atoms with Gasteiger partial charge in [0.05, 0.1) is 23.4 Å². The van der Waals surface area contributed by atoms with E-state index in [2.05, 4.69) is 18.2 Å². The normalized spacial score (nSPS) is 22.5. The molecule has 0 fully saturated rings. The van der Waals surface area contributed by atoms with Crippen molar-refractivity contribution < 1.29 is 0 Å². The molecule has 4 nitrogen and oxygen atoms in total. The van der Waals surface area contributed by atoms with Gasteiger partial charge in [0.25, 0.3) is 0 Å². The van der Waals surface area contributed by atoms with Crippen molar-refractivity contribution in [2.24, 2.45) is 5.41 Å². The summed E-state index contributed by atoms with van der Waals surface area (Å²) >= 11 is 2.97. The number of hydrogen-bond donors (Lipinski definition) is 1. The summed E-state index contributed by atoms with van der Waals surface area (Å²) < 4.78 is 0. The Balaban J connectivity index is 2.35. The molecule has 0 aliphatic heterocycles. The zero-order valence-electron chi connectivity index (χ0n) is 12.8. The van der Waals surface area contributed by atoms with Crippen LogP contribution in [0.5, 0.6) is 0 Å². The molecule has 0 bridgehead atoms. The predicted octanol–water partition coefficient (Wildman–Crippen LogP) is 4.50. The second kappa shape index (κ2) is 5.73. The average Bonchev–Trinajstić information content (AvgIpc) is 3.29. The fraction of sp³-hybridized carbons (Fsp3) is 0.222. The van der Waals surface area contributed by atoms with Gasteiger partial charge in [0.2, 0.25) is 0 Å². The number of hydrogen-bond acceptors (Lipinski definition) is 6. The van der Waals surface area contributed by atoms with Crippen LogP contribution in [0.15, 0.2) is 40.6 Å². The summed E-state index contributed by atoms with van der Waals surface area (Å²) in [5.41, 5.74) is -1.85. The first-order valence-corrected chi connectivity index (χ1v) is 8.93. The Hall–Kier alpha value is -2.72. The first-order valence-electron chi connectivity index (χ1n) is 7.17. The minimum atomic E-state index is -1.68. The Bertz CT molecular complexity index is 932. The van der Waals surface area contributed by atoms with Gasteiger partial charge in [-0.15, -0.1) is 22.7 Å². The fourth-order valence-corrected chi connectivity index (χ4v) is 4.94. The van der Waals surface area contributed by atoms with Crippen LogP contribution in [0.2, 0.25) is 0 Å².